The second kappa shape index (κ2) is 10.4. The van der Waals surface area contributed by atoms with Gasteiger partial charge in [0.15, 0.2) is 0 Å². The molecule has 2 rings (SSSR count). The predicted octanol–water partition coefficient (Wildman–Crippen LogP) is 0.0335. The maximum atomic E-state index is 13.2. The molecule has 1 aliphatic carbocycles. The number of nitrogens with one attached hydrogen (secondary N) is 3. The van der Waals surface area contributed by atoms with Crippen molar-refractivity contribution in [2.75, 3.05) is 26.2 Å². The van der Waals surface area contributed by atoms with E-state index in [1.54, 1.807) is 4.90 Å². The Labute approximate surface area is 166 Å². The van der Waals surface area contributed by atoms with E-state index >= 15 is 0 Å². The largest absolute Gasteiger partial charge is 0.363 e. The smallest absolute Gasteiger partial charge is 0.318 e. The highest BCUT2D eigenvalue weighted by atomic mass is 16.2. The monoisotopic (exact) mass is 395 g/mol. The summed E-state index contributed by atoms with van der Waals surface area (Å²) >= 11 is 0. The number of piperazine rings is 1. The summed E-state index contributed by atoms with van der Waals surface area (Å²) in [6.45, 7) is 4.58. The maximum absolute atomic E-state index is 13.2. The molecule has 1 unspecified atom stereocenters. The van der Waals surface area contributed by atoms with Gasteiger partial charge in [0.1, 0.15) is 5.54 Å². The fourth-order valence-corrected chi connectivity index (χ4v) is 3.86. The van der Waals surface area contributed by atoms with Gasteiger partial charge in [-0.25, -0.2) is 4.79 Å². The third kappa shape index (κ3) is 5.67. The van der Waals surface area contributed by atoms with E-state index in [2.05, 4.69) is 16.0 Å². The minimum atomic E-state index is -1.05. The van der Waals surface area contributed by atoms with Crippen molar-refractivity contribution in [2.45, 2.75) is 69.9 Å². The molecule has 0 aromatic heterocycles. The van der Waals surface area contributed by atoms with Crippen LogP contribution in [0.4, 0.5) is 4.79 Å². The Morgan fingerprint density at radius 2 is 1.75 bits per heavy atom. The molecule has 0 bridgehead atoms. The molecule has 0 radical (unpaired) electrons. The molecule has 2 fully saturated rings. The number of carbonyl (C=O) groups is 4. The van der Waals surface area contributed by atoms with Gasteiger partial charge < -0.3 is 26.6 Å². The zero-order valence-electron chi connectivity index (χ0n) is 16.7. The van der Waals surface area contributed by atoms with Crippen molar-refractivity contribution >= 4 is 23.6 Å². The van der Waals surface area contributed by atoms with Gasteiger partial charge in [0.2, 0.25) is 11.7 Å². The lowest BCUT2D eigenvalue weighted by Gasteiger charge is -2.39. The first-order valence-electron chi connectivity index (χ1n) is 10.3. The van der Waals surface area contributed by atoms with Crippen molar-refractivity contribution in [1.29, 1.82) is 0 Å². The minimum absolute atomic E-state index is 0.259. The van der Waals surface area contributed by atoms with E-state index in [4.69, 9.17) is 5.73 Å². The van der Waals surface area contributed by atoms with Gasteiger partial charge in [-0.15, -0.1) is 0 Å². The van der Waals surface area contributed by atoms with Crippen LogP contribution < -0.4 is 21.7 Å². The number of primary amides is 1. The highest BCUT2D eigenvalue weighted by Crippen LogP contribution is 2.29. The van der Waals surface area contributed by atoms with Gasteiger partial charge in [-0.05, 0) is 19.3 Å². The van der Waals surface area contributed by atoms with Crippen LogP contribution in [0.2, 0.25) is 0 Å². The Kier molecular flexibility index (Phi) is 8.22. The van der Waals surface area contributed by atoms with Crippen LogP contribution in [0.15, 0.2) is 0 Å². The van der Waals surface area contributed by atoms with Crippen LogP contribution in [0.5, 0.6) is 0 Å². The van der Waals surface area contributed by atoms with Gasteiger partial charge in [0.25, 0.3) is 5.91 Å². The molecule has 1 heterocycles. The Morgan fingerprint density at radius 3 is 2.32 bits per heavy atom. The van der Waals surface area contributed by atoms with E-state index in [9.17, 15) is 19.2 Å². The molecule has 4 amide bonds. The average Bonchev–Trinajstić information content (AvgIpc) is 2.71. The summed E-state index contributed by atoms with van der Waals surface area (Å²) in [5.74, 6) is -2.24. The topological polar surface area (TPSA) is 134 Å². The van der Waals surface area contributed by atoms with Crippen LogP contribution in [0.1, 0.15) is 58.3 Å². The van der Waals surface area contributed by atoms with E-state index in [1.165, 1.54) is 0 Å². The predicted molar refractivity (Wildman–Crippen MR) is 104 cm³/mol. The average molecular weight is 396 g/mol. The minimum Gasteiger partial charge on any atom is -0.363 e. The summed E-state index contributed by atoms with van der Waals surface area (Å²) in [6.07, 6.45) is 5.53. The summed E-state index contributed by atoms with van der Waals surface area (Å²) < 4.78 is 0. The van der Waals surface area contributed by atoms with Crippen molar-refractivity contribution in [3.8, 4) is 0 Å². The van der Waals surface area contributed by atoms with Crippen LogP contribution in [0.25, 0.3) is 0 Å². The van der Waals surface area contributed by atoms with Gasteiger partial charge in [-0.3, -0.25) is 14.4 Å². The molecule has 0 spiro atoms. The number of urea groups is 1. The second-order valence-corrected chi connectivity index (χ2v) is 7.71. The van der Waals surface area contributed by atoms with E-state index < -0.39 is 29.2 Å². The van der Waals surface area contributed by atoms with E-state index in [-0.39, 0.29) is 6.03 Å². The molecule has 1 aliphatic heterocycles. The summed E-state index contributed by atoms with van der Waals surface area (Å²) in [4.78, 5) is 51.1. The summed E-state index contributed by atoms with van der Waals surface area (Å²) in [7, 11) is 0. The van der Waals surface area contributed by atoms with Gasteiger partial charge in [-0.1, -0.05) is 39.0 Å². The molecule has 28 heavy (non-hydrogen) atoms. The van der Waals surface area contributed by atoms with E-state index in [0.717, 1.165) is 38.8 Å². The molecule has 9 nitrogen and oxygen atoms in total. The first-order valence-corrected chi connectivity index (χ1v) is 10.3. The molecular weight excluding hydrogens is 362 g/mol. The van der Waals surface area contributed by atoms with Crippen molar-refractivity contribution in [3.05, 3.63) is 0 Å². The Morgan fingerprint density at radius 1 is 1.11 bits per heavy atom. The standard InChI is InChI=1S/C19H33N5O4/c1-2-3-7-14(15(25)16(20)26)22-17(27)19(8-5-4-6-9-19)23-18(28)24-12-10-21-11-13-24/h14,21H,2-13H2,1H3,(H2,20,26)(H,22,27)(H,23,28). The number of hydrogen-bond donors (Lipinski definition) is 4. The number of nitrogens with zero attached hydrogens (tertiary/aromatic N) is 1. The number of unbranched alkanes of at least 4 members (excludes halogenated alkanes) is 1. The summed E-state index contributed by atoms with van der Waals surface area (Å²) in [5, 5.41) is 8.86. The number of nitrogens with two attached hydrogens (primary N) is 1. The molecular formula is C19H33N5O4. The second-order valence-electron chi connectivity index (χ2n) is 7.71. The molecule has 1 saturated carbocycles. The van der Waals surface area contributed by atoms with Gasteiger partial charge >= 0.3 is 6.03 Å². The Bertz CT molecular complexity index is 583. The SMILES string of the molecule is CCCCC(NC(=O)C1(NC(=O)N2CCNCC2)CCCCC1)C(=O)C(N)=O. The lowest BCUT2D eigenvalue weighted by Crippen LogP contribution is -2.65. The number of amides is 4. The van der Waals surface area contributed by atoms with E-state index in [1.807, 2.05) is 6.92 Å². The third-order valence-corrected chi connectivity index (χ3v) is 5.60. The van der Waals surface area contributed by atoms with Crippen LogP contribution in [0.3, 0.4) is 0 Å². The lowest BCUT2D eigenvalue weighted by molar-refractivity contribution is -0.139. The molecule has 1 atom stereocenters. The van der Waals surface area contributed by atoms with Crippen LogP contribution in [-0.2, 0) is 14.4 Å². The first-order chi connectivity index (χ1) is 13.4. The Hall–Kier alpha value is -2.16. The van der Waals surface area contributed by atoms with Crippen molar-refractivity contribution < 1.29 is 19.2 Å². The number of rotatable bonds is 8. The molecule has 158 valence electrons. The molecule has 1 saturated heterocycles. The zero-order valence-corrected chi connectivity index (χ0v) is 16.7. The number of hydrogen-bond acceptors (Lipinski definition) is 5. The molecule has 0 aromatic carbocycles. The molecule has 0 aromatic rings. The van der Waals surface area contributed by atoms with Crippen molar-refractivity contribution in [2.24, 2.45) is 5.73 Å². The van der Waals surface area contributed by atoms with Crippen LogP contribution >= 0.6 is 0 Å². The van der Waals surface area contributed by atoms with Crippen molar-refractivity contribution in [3.63, 3.8) is 0 Å². The lowest BCUT2D eigenvalue weighted by atomic mass is 9.80. The number of carbonyl (C=O) groups excluding carboxylic acids is 4. The van der Waals surface area contributed by atoms with E-state index in [0.29, 0.717) is 38.8 Å². The van der Waals surface area contributed by atoms with Crippen LogP contribution in [0, 0.1) is 0 Å². The number of ketones is 1. The van der Waals surface area contributed by atoms with Gasteiger partial charge in [0.05, 0.1) is 6.04 Å². The fourth-order valence-electron chi connectivity index (χ4n) is 3.86. The van der Waals surface area contributed by atoms with Crippen molar-refractivity contribution in [1.82, 2.24) is 20.9 Å². The third-order valence-electron chi connectivity index (χ3n) is 5.60. The molecule has 5 N–H and O–H groups in total. The van der Waals surface area contributed by atoms with Gasteiger partial charge in [-0.2, -0.15) is 0 Å². The molecule has 9 heteroatoms. The number of Topliss-reactive ketones (excluding diaryl/α,β-unsaturated/α-hetero) is 1. The highest BCUT2D eigenvalue weighted by Gasteiger charge is 2.43. The summed E-state index contributed by atoms with van der Waals surface area (Å²) in [5.41, 5.74) is 4.10. The van der Waals surface area contributed by atoms with Gasteiger partial charge in [0, 0.05) is 26.2 Å². The Balaban J connectivity index is 2.12. The zero-order chi connectivity index (χ0) is 20.6. The first kappa shape index (κ1) is 22.1. The maximum Gasteiger partial charge on any atom is 0.318 e. The molecule has 2 aliphatic rings. The fraction of sp³-hybridized carbons (Fsp3) is 0.789. The normalized spacial score (nSPS) is 20.1. The quantitative estimate of drug-likeness (QED) is 0.430. The van der Waals surface area contributed by atoms with Crippen LogP contribution in [-0.4, -0.2) is 66.3 Å². The summed E-state index contributed by atoms with van der Waals surface area (Å²) in [6, 6.07) is -1.20. The highest BCUT2D eigenvalue weighted by molar-refractivity contribution is 6.37.